The Morgan fingerprint density at radius 1 is 1.42 bits per heavy atom. The Bertz CT molecular complexity index is 575. The maximum Gasteiger partial charge on any atom is 0.404 e. The maximum atomic E-state index is 10.7. The van der Waals surface area contributed by atoms with Crippen LogP contribution in [0.3, 0.4) is 0 Å². The van der Waals surface area contributed by atoms with Crippen molar-refractivity contribution in [1.82, 2.24) is 20.2 Å². The van der Waals surface area contributed by atoms with Gasteiger partial charge in [0.1, 0.15) is 12.6 Å². The zero-order chi connectivity index (χ0) is 13.8. The molecule has 1 aromatic heterocycles. The lowest BCUT2D eigenvalue weighted by molar-refractivity contribution is 0.139. The highest BCUT2D eigenvalue weighted by Crippen LogP contribution is 2.26. The first-order valence-corrected chi connectivity index (χ1v) is 5.93. The van der Waals surface area contributed by atoms with Crippen LogP contribution < -0.4 is 5.73 Å². The third-order valence-corrected chi connectivity index (χ3v) is 3.09. The molecule has 0 radical (unpaired) electrons. The minimum Gasteiger partial charge on any atom is -0.447 e. The summed E-state index contributed by atoms with van der Waals surface area (Å²) in [6.45, 7) is -0.0380. The smallest absolute Gasteiger partial charge is 0.404 e. The summed E-state index contributed by atoms with van der Waals surface area (Å²) in [5.41, 5.74) is 5.67. The lowest BCUT2D eigenvalue weighted by Crippen LogP contribution is -2.24. The number of rotatable bonds is 4. The van der Waals surface area contributed by atoms with Crippen LogP contribution in [-0.4, -0.2) is 32.9 Å². The molecule has 0 saturated heterocycles. The molecular formula is C10H9Cl2N5O2. The molecule has 1 aromatic carbocycles. The van der Waals surface area contributed by atoms with Crippen molar-refractivity contribution in [2.24, 2.45) is 5.73 Å². The molecule has 1 atom stereocenters. The highest BCUT2D eigenvalue weighted by atomic mass is 35.5. The Morgan fingerprint density at radius 3 is 2.79 bits per heavy atom. The summed E-state index contributed by atoms with van der Waals surface area (Å²) in [7, 11) is 0. The van der Waals surface area contributed by atoms with Crippen molar-refractivity contribution in [3.63, 3.8) is 0 Å². The molecule has 19 heavy (non-hydrogen) atoms. The molecule has 1 unspecified atom stereocenters. The second kappa shape index (κ2) is 5.85. The molecule has 0 aliphatic rings. The van der Waals surface area contributed by atoms with Gasteiger partial charge in [0.2, 0.25) is 0 Å². The third-order valence-electron chi connectivity index (χ3n) is 2.36. The van der Waals surface area contributed by atoms with E-state index in [2.05, 4.69) is 15.4 Å². The van der Waals surface area contributed by atoms with Crippen LogP contribution in [0.1, 0.15) is 11.6 Å². The summed E-state index contributed by atoms with van der Waals surface area (Å²) < 4.78 is 4.79. The average Bonchev–Trinajstić information content (AvgIpc) is 2.87. The number of hydrogen-bond acceptors (Lipinski definition) is 5. The summed E-state index contributed by atoms with van der Waals surface area (Å²) >= 11 is 11.8. The Hall–Kier alpha value is -1.86. The number of benzene rings is 1. The van der Waals surface area contributed by atoms with Crippen LogP contribution in [0.5, 0.6) is 0 Å². The number of amides is 1. The van der Waals surface area contributed by atoms with Gasteiger partial charge in [0.05, 0.1) is 10.0 Å². The van der Waals surface area contributed by atoms with E-state index in [1.54, 1.807) is 18.2 Å². The highest BCUT2D eigenvalue weighted by molar-refractivity contribution is 6.42. The lowest BCUT2D eigenvalue weighted by Gasteiger charge is -2.15. The van der Waals surface area contributed by atoms with Crippen LogP contribution in [0.15, 0.2) is 24.5 Å². The number of carbonyl (C=O) groups excluding carboxylic acids is 1. The van der Waals surface area contributed by atoms with Crippen LogP contribution in [0, 0.1) is 0 Å². The molecule has 0 saturated carbocycles. The van der Waals surface area contributed by atoms with Gasteiger partial charge < -0.3 is 10.5 Å². The van der Waals surface area contributed by atoms with Gasteiger partial charge in [-0.25, -0.2) is 4.79 Å². The van der Waals surface area contributed by atoms with E-state index in [0.29, 0.717) is 15.6 Å². The van der Waals surface area contributed by atoms with E-state index in [9.17, 15) is 4.79 Å². The van der Waals surface area contributed by atoms with Crippen LogP contribution in [0.25, 0.3) is 0 Å². The van der Waals surface area contributed by atoms with Gasteiger partial charge in [0, 0.05) is 0 Å². The van der Waals surface area contributed by atoms with Gasteiger partial charge in [0.15, 0.2) is 6.33 Å². The summed E-state index contributed by atoms with van der Waals surface area (Å²) in [6, 6.07) is 4.52. The van der Waals surface area contributed by atoms with Crippen molar-refractivity contribution >= 4 is 29.3 Å². The molecule has 9 heteroatoms. The first-order chi connectivity index (χ1) is 9.08. The molecule has 2 N–H and O–H groups in total. The molecule has 1 amide bonds. The number of hydrogen-bond donors (Lipinski definition) is 1. The van der Waals surface area contributed by atoms with Crippen molar-refractivity contribution in [2.45, 2.75) is 6.04 Å². The number of tetrazole rings is 1. The van der Waals surface area contributed by atoms with Gasteiger partial charge in [-0.05, 0) is 22.9 Å². The van der Waals surface area contributed by atoms with Crippen LogP contribution in [0.4, 0.5) is 4.79 Å². The van der Waals surface area contributed by atoms with E-state index in [1.165, 1.54) is 11.1 Å². The van der Waals surface area contributed by atoms with Crippen LogP contribution in [-0.2, 0) is 4.74 Å². The van der Waals surface area contributed by atoms with E-state index < -0.39 is 12.1 Å². The molecule has 1 heterocycles. The Kier molecular flexibility index (Phi) is 4.18. The zero-order valence-electron chi connectivity index (χ0n) is 9.53. The van der Waals surface area contributed by atoms with Crippen molar-refractivity contribution in [1.29, 1.82) is 0 Å². The highest BCUT2D eigenvalue weighted by Gasteiger charge is 2.18. The lowest BCUT2D eigenvalue weighted by atomic mass is 10.1. The summed E-state index contributed by atoms with van der Waals surface area (Å²) in [5, 5.41) is 12.1. The maximum absolute atomic E-state index is 10.7. The molecule has 2 aromatic rings. The first-order valence-electron chi connectivity index (χ1n) is 5.17. The van der Waals surface area contributed by atoms with E-state index in [-0.39, 0.29) is 6.61 Å². The molecule has 0 fully saturated rings. The standard InChI is InChI=1S/C10H9Cl2N5O2/c11-7-2-1-6(3-8(7)12)9(4-19-10(13)18)17-15-5-14-16-17/h1-3,5,9H,4H2,(H2,13,18). The normalized spacial score (nSPS) is 12.1. The Labute approximate surface area is 118 Å². The van der Waals surface area contributed by atoms with Gasteiger partial charge in [-0.1, -0.05) is 29.3 Å². The van der Waals surface area contributed by atoms with Gasteiger partial charge in [0.25, 0.3) is 0 Å². The molecule has 0 aliphatic heterocycles. The first kappa shape index (κ1) is 13.6. The van der Waals surface area contributed by atoms with E-state index in [0.717, 1.165) is 0 Å². The van der Waals surface area contributed by atoms with Crippen LogP contribution >= 0.6 is 23.2 Å². The van der Waals surface area contributed by atoms with Gasteiger partial charge in [-0.2, -0.15) is 4.80 Å². The SMILES string of the molecule is NC(=O)OCC(c1ccc(Cl)c(Cl)c1)n1ncnn1. The molecule has 0 spiro atoms. The number of primary amides is 1. The molecule has 7 nitrogen and oxygen atoms in total. The number of halogens is 2. The summed E-state index contributed by atoms with van der Waals surface area (Å²) in [6.07, 6.45) is 0.389. The second-order valence-corrected chi connectivity index (χ2v) is 4.39. The quantitative estimate of drug-likeness (QED) is 0.926. The fourth-order valence-electron chi connectivity index (χ4n) is 1.49. The summed E-state index contributed by atoms with van der Waals surface area (Å²) in [4.78, 5) is 12.0. The number of nitrogens with zero attached hydrogens (tertiary/aromatic N) is 4. The third kappa shape index (κ3) is 3.33. The number of aromatic nitrogens is 4. The number of ether oxygens (including phenoxy) is 1. The van der Waals surface area contributed by atoms with E-state index >= 15 is 0 Å². The number of carbonyl (C=O) groups is 1. The van der Waals surface area contributed by atoms with E-state index in [1.807, 2.05) is 0 Å². The molecule has 100 valence electrons. The van der Waals surface area contributed by atoms with Gasteiger partial charge in [-0.15, -0.1) is 10.2 Å². The molecule has 0 bridgehead atoms. The second-order valence-electron chi connectivity index (χ2n) is 3.58. The van der Waals surface area contributed by atoms with Gasteiger partial charge in [-0.3, -0.25) is 0 Å². The van der Waals surface area contributed by atoms with Gasteiger partial charge >= 0.3 is 6.09 Å². The fourth-order valence-corrected chi connectivity index (χ4v) is 1.80. The largest absolute Gasteiger partial charge is 0.447 e. The minimum absolute atomic E-state index is 0.0380. The van der Waals surface area contributed by atoms with Crippen LogP contribution in [0.2, 0.25) is 10.0 Å². The predicted molar refractivity (Wildman–Crippen MR) is 68.0 cm³/mol. The minimum atomic E-state index is -0.884. The summed E-state index contributed by atoms with van der Waals surface area (Å²) in [5.74, 6) is 0. The molecular weight excluding hydrogens is 293 g/mol. The number of nitrogens with two attached hydrogens (primary N) is 1. The topological polar surface area (TPSA) is 95.9 Å². The fraction of sp³-hybridized carbons (Fsp3) is 0.200. The monoisotopic (exact) mass is 301 g/mol. The van der Waals surface area contributed by atoms with Crippen molar-refractivity contribution in [3.8, 4) is 0 Å². The molecule has 0 aliphatic carbocycles. The Balaban J connectivity index is 2.31. The molecule has 2 rings (SSSR count). The average molecular weight is 302 g/mol. The zero-order valence-corrected chi connectivity index (χ0v) is 11.0. The van der Waals surface area contributed by atoms with Crippen molar-refractivity contribution < 1.29 is 9.53 Å². The van der Waals surface area contributed by atoms with Crippen molar-refractivity contribution in [3.05, 3.63) is 40.1 Å². The Morgan fingerprint density at radius 2 is 2.21 bits per heavy atom. The van der Waals surface area contributed by atoms with Crippen molar-refractivity contribution in [2.75, 3.05) is 6.61 Å². The van der Waals surface area contributed by atoms with E-state index in [4.69, 9.17) is 33.7 Å². The predicted octanol–water partition coefficient (Wildman–Crippen LogP) is 1.66.